The van der Waals surface area contributed by atoms with Crippen LogP contribution in [0.2, 0.25) is 0 Å². The summed E-state index contributed by atoms with van der Waals surface area (Å²) in [5.74, 6) is -9.98. The van der Waals surface area contributed by atoms with Gasteiger partial charge in [-0.2, -0.15) is 8.78 Å². The van der Waals surface area contributed by atoms with Gasteiger partial charge in [-0.1, -0.05) is 11.6 Å². The standard InChI is InChI=1S/C5HClF6/c6-4(10)2(8)1(7)3(9)5(4,11)12/h3H. The van der Waals surface area contributed by atoms with Crippen molar-refractivity contribution in [3.63, 3.8) is 0 Å². The first kappa shape index (κ1) is 9.70. The molecule has 1 aliphatic rings. The van der Waals surface area contributed by atoms with Crippen LogP contribution in [0.3, 0.4) is 0 Å². The maximum atomic E-state index is 12.4. The minimum absolute atomic E-state index is 2.49. The number of alkyl halides is 5. The summed E-state index contributed by atoms with van der Waals surface area (Å²) in [5, 5.41) is -4.41. The zero-order valence-corrected chi connectivity index (χ0v) is 5.98. The van der Waals surface area contributed by atoms with Crippen molar-refractivity contribution in [3.05, 3.63) is 11.7 Å². The zero-order valence-electron chi connectivity index (χ0n) is 5.22. The zero-order chi connectivity index (χ0) is 9.73. The average molecular weight is 211 g/mol. The van der Waals surface area contributed by atoms with Gasteiger partial charge >= 0.3 is 11.1 Å². The SMILES string of the molecule is FC1=C(F)C(F)(Cl)C(F)(F)C1F. The molecule has 0 aromatic heterocycles. The second-order valence-electron chi connectivity index (χ2n) is 2.22. The van der Waals surface area contributed by atoms with Crippen LogP contribution in [-0.2, 0) is 0 Å². The molecule has 0 heterocycles. The highest BCUT2D eigenvalue weighted by molar-refractivity contribution is 6.25. The van der Waals surface area contributed by atoms with Crippen molar-refractivity contribution >= 4 is 11.6 Å². The van der Waals surface area contributed by atoms with Crippen LogP contribution in [0.1, 0.15) is 0 Å². The summed E-state index contributed by atoms with van der Waals surface area (Å²) in [5.41, 5.74) is 0. The van der Waals surface area contributed by atoms with E-state index in [0.29, 0.717) is 0 Å². The van der Waals surface area contributed by atoms with Crippen LogP contribution in [0.15, 0.2) is 11.7 Å². The number of hydrogen-bond donors (Lipinski definition) is 0. The molecule has 0 bridgehead atoms. The van der Waals surface area contributed by atoms with Crippen molar-refractivity contribution in [1.29, 1.82) is 0 Å². The van der Waals surface area contributed by atoms with Crippen LogP contribution >= 0.6 is 11.6 Å². The Morgan fingerprint density at radius 2 is 1.58 bits per heavy atom. The highest BCUT2D eigenvalue weighted by atomic mass is 35.5. The van der Waals surface area contributed by atoms with Crippen LogP contribution in [0.25, 0.3) is 0 Å². The average Bonchev–Trinajstić information content (AvgIpc) is 2.05. The molecular weight excluding hydrogens is 209 g/mol. The van der Waals surface area contributed by atoms with Crippen molar-refractivity contribution in [2.24, 2.45) is 0 Å². The molecule has 70 valence electrons. The van der Waals surface area contributed by atoms with E-state index in [2.05, 4.69) is 11.6 Å². The summed E-state index contributed by atoms with van der Waals surface area (Å²) in [7, 11) is 0. The monoisotopic (exact) mass is 210 g/mol. The van der Waals surface area contributed by atoms with Crippen molar-refractivity contribution in [3.8, 4) is 0 Å². The largest absolute Gasteiger partial charge is 0.338 e. The maximum Gasteiger partial charge on any atom is 0.338 e. The van der Waals surface area contributed by atoms with E-state index in [0.717, 1.165) is 0 Å². The van der Waals surface area contributed by atoms with E-state index in [1.165, 1.54) is 0 Å². The fraction of sp³-hybridized carbons (Fsp3) is 0.600. The van der Waals surface area contributed by atoms with Gasteiger partial charge in [0, 0.05) is 0 Å². The highest BCUT2D eigenvalue weighted by Crippen LogP contribution is 2.54. The molecule has 0 fully saturated rings. The lowest BCUT2D eigenvalue weighted by Gasteiger charge is -2.20. The molecule has 0 aromatic rings. The first-order valence-corrected chi connectivity index (χ1v) is 3.06. The third-order valence-corrected chi connectivity index (χ3v) is 1.86. The third-order valence-electron chi connectivity index (χ3n) is 1.44. The second-order valence-corrected chi connectivity index (χ2v) is 2.74. The van der Waals surface area contributed by atoms with E-state index in [1.54, 1.807) is 0 Å². The Morgan fingerprint density at radius 1 is 1.17 bits per heavy atom. The number of halogens is 7. The first-order chi connectivity index (χ1) is 5.23. The molecular formula is C5HClF6. The predicted molar refractivity (Wildman–Crippen MR) is 28.8 cm³/mol. The van der Waals surface area contributed by atoms with Gasteiger partial charge < -0.3 is 0 Å². The molecule has 12 heavy (non-hydrogen) atoms. The van der Waals surface area contributed by atoms with Crippen molar-refractivity contribution in [2.75, 3.05) is 0 Å². The van der Waals surface area contributed by atoms with E-state index < -0.39 is 28.9 Å². The Balaban J connectivity index is 3.22. The van der Waals surface area contributed by atoms with E-state index in [9.17, 15) is 26.3 Å². The topological polar surface area (TPSA) is 0 Å². The second kappa shape index (κ2) is 2.31. The summed E-state index contributed by atoms with van der Waals surface area (Å²) in [6, 6.07) is 0. The van der Waals surface area contributed by atoms with E-state index in [4.69, 9.17) is 0 Å². The van der Waals surface area contributed by atoms with Gasteiger partial charge in [0.25, 0.3) is 0 Å². The van der Waals surface area contributed by atoms with Crippen LogP contribution < -0.4 is 0 Å². The maximum absolute atomic E-state index is 12.4. The van der Waals surface area contributed by atoms with Crippen molar-refractivity contribution < 1.29 is 26.3 Å². The molecule has 0 radical (unpaired) electrons. The Bertz CT molecular complexity index is 244. The minimum Gasteiger partial charge on any atom is -0.233 e. The molecule has 1 rings (SSSR count). The summed E-state index contributed by atoms with van der Waals surface area (Å²) in [4.78, 5) is 0. The lowest BCUT2D eigenvalue weighted by Crippen LogP contribution is -2.41. The van der Waals surface area contributed by atoms with Gasteiger partial charge in [0.05, 0.1) is 0 Å². The summed E-state index contributed by atoms with van der Waals surface area (Å²) < 4.78 is 73.1. The number of rotatable bonds is 0. The van der Waals surface area contributed by atoms with Crippen LogP contribution in [0.4, 0.5) is 26.3 Å². The smallest absolute Gasteiger partial charge is 0.233 e. The van der Waals surface area contributed by atoms with Gasteiger partial charge in [0.1, 0.15) is 0 Å². The van der Waals surface area contributed by atoms with Gasteiger partial charge in [-0.25, -0.2) is 17.6 Å². The molecule has 0 saturated heterocycles. The summed E-state index contributed by atoms with van der Waals surface area (Å²) in [6.45, 7) is 0. The number of hydrogen-bond acceptors (Lipinski definition) is 0. The first-order valence-electron chi connectivity index (χ1n) is 2.68. The molecule has 2 atom stereocenters. The van der Waals surface area contributed by atoms with Gasteiger partial charge in [-0.3, -0.25) is 0 Å². The van der Waals surface area contributed by atoms with E-state index in [-0.39, 0.29) is 0 Å². The third kappa shape index (κ3) is 0.870. The molecule has 1 aliphatic carbocycles. The van der Waals surface area contributed by atoms with Gasteiger partial charge in [0.2, 0.25) is 6.17 Å². The molecule has 7 heteroatoms. The van der Waals surface area contributed by atoms with E-state index in [1.807, 2.05) is 0 Å². The van der Waals surface area contributed by atoms with Crippen molar-refractivity contribution in [1.82, 2.24) is 0 Å². The van der Waals surface area contributed by atoms with Gasteiger partial charge in [0.15, 0.2) is 11.7 Å². The van der Waals surface area contributed by atoms with Crippen LogP contribution in [-0.4, -0.2) is 17.2 Å². The molecule has 0 spiro atoms. The van der Waals surface area contributed by atoms with Crippen LogP contribution in [0.5, 0.6) is 0 Å². The summed E-state index contributed by atoms with van der Waals surface area (Å²) in [6.07, 6.45) is -3.65. The molecule has 0 nitrogen and oxygen atoms in total. The fourth-order valence-corrected chi connectivity index (χ4v) is 0.912. The quantitative estimate of drug-likeness (QED) is 0.426. The highest BCUT2D eigenvalue weighted by Gasteiger charge is 2.70. The molecule has 0 saturated carbocycles. The van der Waals surface area contributed by atoms with Gasteiger partial charge in [-0.05, 0) is 0 Å². The normalized spacial score (nSPS) is 40.8. The fourth-order valence-electron chi connectivity index (χ4n) is 0.726. The van der Waals surface area contributed by atoms with Crippen molar-refractivity contribution in [2.45, 2.75) is 17.2 Å². The molecule has 0 amide bonds. The Kier molecular flexibility index (Phi) is 1.86. The number of allylic oxidation sites excluding steroid dienone is 2. The molecule has 2 unspecified atom stereocenters. The molecule has 0 aliphatic heterocycles. The summed E-state index contributed by atoms with van der Waals surface area (Å²) >= 11 is 4.27. The minimum atomic E-state index is -4.90. The van der Waals surface area contributed by atoms with Crippen LogP contribution in [0, 0.1) is 0 Å². The lowest BCUT2D eigenvalue weighted by atomic mass is 10.2. The predicted octanol–water partition coefficient (Wildman–Crippen LogP) is 3.03. The van der Waals surface area contributed by atoms with E-state index >= 15 is 0 Å². The Morgan fingerprint density at radius 3 is 1.67 bits per heavy atom. The Hall–Kier alpha value is -0.390. The Labute approximate surface area is 67.8 Å². The molecule has 0 N–H and O–H groups in total. The lowest BCUT2D eigenvalue weighted by molar-refractivity contribution is -0.113. The van der Waals surface area contributed by atoms with Gasteiger partial charge in [-0.15, -0.1) is 0 Å². The molecule has 0 aromatic carbocycles.